The van der Waals surface area contributed by atoms with Crippen LogP contribution in [0, 0.1) is 12.3 Å². The minimum absolute atomic E-state index is 0.0329. The van der Waals surface area contributed by atoms with Crippen molar-refractivity contribution in [2.45, 2.75) is 6.92 Å². The van der Waals surface area contributed by atoms with Gasteiger partial charge in [-0.1, -0.05) is 11.6 Å². The quantitative estimate of drug-likeness (QED) is 0.558. The number of hydrogen-bond donors (Lipinski definition) is 2. The van der Waals surface area contributed by atoms with E-state index in [0.717, 1.165) is 0 Å². The largest absolute Gasteiger partial charge is 0.439 e. The molecular formula is C9H8ClN3O. The number of amidine groups is 1. The summed E-state index contributed by atoms with van der Waals surface area (Å²) in [5.74, 6) is 0.511. The van der Waals surface area contributed by atoms with Gasteiger partial charge in [0.25, 0.3) is 0 Å². The maximum absolute atomic E-state index is 7.27. The Hall–Kier alpha value is -1.55. The molecule has 0 aliphatic heterocycles. The molecule has 0 saturated heterocycles. The van der Waals surface area contributed by atoms with E-state index in [1.54, 1.807) is 19.1 Å². The Morgan fingerprint density at radius 3 is 2.93 bits per heavy atom. The Kier molecular flexibility index (Phi) is 1.93. The van der Waals surface area contributed by atoms with E-state index in [4.69, 9.17) is 27.2 Å². The number of halogens is 1. The van der Waals surface area contributed by atoms with Crippen molar-refractivity contribution in [2.75, 3.05) is 0 Å². The number of nitrogens with zero attached hydrogens (tertiary/aromatic N) is 1. The third-order valence-electron chi connectivity index (χ3n) is 1.86. The van der Waals surface area contributed by atoms with Gasteiger partial charge in [0.05, 0.1) is 5.02 Å². The Labute approximate surface area is 85.2 Å². The molecule has 0 aliphatic rings. The Balaban J connectivity index is 2.77. The van der Waals surface area contributed by atoms with Crippen molar-refractivity contribution in [3.8, 4) is 0 Å². The zero-order chi connectivity index (χ0) is 10.3. The lowest BCUT2D eigenvalue weighted by atomic mass is 10.2. The highest BCUT2D eigenvalue weighted by molar-refractivity contribution is 6.35. The van der Waals surface area contributed by atoms with Crippen LogP contribution in [0.25, 0.3) is 11.1 Å². The van der Waals surface area contributed by atoms with Crippen molar-refractivity contribution in [1.82, 2.24) is 4.98 Å². The molecule has 0 amide bonds. The molecule has 0 aliphatic carbocycles. The molecule has 0 unspecified atom stereocenters. The first-order chi connectivity index (χ1) is 6.58. The molecule has 4 nitrogen and oxygen atoms in total. The summed E-state index contributed by atoms with van der Waals surface area (Å²) < 4.78 is 5.28. The average molecular weight is 210 g/mol. The van der Waals surface area contributed by atoms with Gasteiger partial charge >= 0.3 is 0 Å². The van der Waals surface area contributed by atoms with Gasteiger partial charge in [0.15, 0.2) is 11.5 Å². The van der Waals surface area contributed by atoms with Gasteiger partial charge in [0.2, 0.25) is 0 Å². The molecule has 1 aromatic carbocycles. The molecular weight excluding hydrogens is 202 g/mol. The second-order valence-corrected chi connectivity index (χ2v) is 3.36. The Bertz CT molecular complexity index is 518. The van der Waals surface area contributed by atoms with Crippen LogP contribution in [0.3, 0.4) is 0 Å². The lowest BCUT2D eigenvalue weighted by Crippen LogP contribution is -2.10. The fraction of sp³-hybridized carbons (Fsp3) is 0.111. The van der Waals surface area contributed by atoms with Crippen LogP contribution >= 0.6 is 11.6 Å². The van der Waals surface area contributed by atoms with Gasteiger partial charge in [-0.15, -0.1) is 0 Å². The highest BCUT2D eigenvalue weighted by Gasteiger charge is 2.09. The lowest BCUT2D eigenvalue weighted by Gasteiger charge is -1.98. The van der Waals surface area contributed by atoms with Gasteiger partial charge < -0.3 is 10.2 Å². The smallest absolute Gasteiger partial charge is 0.192 e. The maximum Gasteiger partial charge on any atom is 0.192 e. The normalized spacial score (nSPS) is 10.7. The van der Waals surface area contributed by atoms with E-state index in [-0.39, 0.29) is 5.84 Å². The summed E-state index contributed by atoms with van der Waals surface area (Å²) in [6.45, 7) is 1.74. The summed E-state index contributed by atoms with van der Waals surface area (Å²) in [6, 6.07) is 3.27. The minimum Gasteiger partial charge on any atom is -0.439 e. The number of nitrogen functional groups attached to an aromatic ring is 1. The van der Waals surface area contributed by atoms with Gasteiger partial charge in [-0.05, 0) is 12.1 Å². The summed E-state index contributed by atoms with van der Waals surface area (Å²) in [5.41, 5.74) is 7.06. The van der Waals surface area contributed by atoms with Crippen molar-refractivity contribution in [3.05, 3.63) is 28.6 Å². The molecule has 0 radical (unpaired) electrons. The molecule has 2 rings (SSSR count). The zero-order valence-corrected chi connectivity index (χ0v) is 8.22. The highest BCUT2D eigenvalue weighted by Crippen LogP contribution is 2.25. The summed E-state index contributed by atoms with van der Waals surface area (Å²) in [6.07, 6.45) is 0. The number of aryl methyl sites for hydroxylation is 1. The number of nitrogens with two attached hydrogens (primary N) is 1. The van der Waals surface area contributed by atoms with Gasteiger partial charge in [0, 0.05) is 12.5 Å². The van der Waals surface area contributed by atoms with E-state index in [1.807, 2.05) is 0 Å². The maximum atomic E-state index is 7.27. The number of oxazole rings is 1. The van der Waals surface area contributed by atoms with Crippen molar-refractivity contribution in [3.63, 3.8) is 0 Å². The average Bonchev–Trinajstić information content (AvgIpc) is 2.45. The third kappa shape index (κ3) is 1.33. The van der Waals surface area contributed by atoms with E-state index in [2.05, 4.69) is 4.98 Å². The number of benzene rings is 1. The fourth-order valence-corrected chi connectivity index (χ4v) is 1.51. The van der Waals surface area contributed by atoms with Gasteiger partial charge in [-0.2, -0.15) is 0 Å². The van der Waals surface area contributed by atoms with Crippen LogP contribution in [0.5, 0.6) is 0 Å². The molecule has 0 saturated carbocycles. The second kappa shape index (κ2) is 2.99. The fourth-order valence-electron chi connectivity index (χ4n) is 1.26. The second-order valence-electron chi connectivity index (χ2n) is 2.95. The third-order valence-corrected chi connectivity index (χ3v) is 2.14. The molecule has 72 valence electrons. The Morgan fingerprint density at radius 2 is 2.29 bits per heavy atom. The Morgan fingerprint density at radius 1 is 1.57 bits per heavy atom. The van der Waals surface area contributed by atoms with Crippen LogP contribution in [0.1, 0.15) is 11.5 Å². The van der Waals surface area contributed by atoms with E-state index in [0.29, 0.717) is 27.6 Å². The van der Waals surface area contributed by atoms with Crippen molar-refractivity contribution >= 4 is 28.5 Å². The molecule has 0 atom stereocenters. The summed E-state index contributed by atoms with van der Waals surface area (Å²) in [5, 5.41) is 7.70. The van der Waals surface area contributed by atoms with Crippen LogP contribution in [-0.2, 0) is 0 Å². The minimum atomic E-state index is -0.0329. The lowest BCUT2D eigenvalue weighted by molar-refractivity contribution is 0.561. The van der Waals surface area contributed by atoms with E-state index in [1.165, 1.54) is 0 Å². The zero-order valence-electron chi connectivity index (χ0n) is 7.47. The molecule has 14 heavy (non-hydrogen) atoms. The molecule has 2 aromatic rings. The first-order valence-electron chi connectivity index (χ1n) is 3.99. The van der Waals surface area contributed by atoms with Crippen LogP contribution in [0.15, 0.2) is 16.5 Å². The van der Waals surface area contributed by atoms with Crippen molar-refractivity contribution < 1.29 is 4.42 Å². The summed E-state index contributed by atoms with van der Waals surface area (Å²) in [4.78, 5) is 4.11. The molecule has 1 aromatic heterocycles. The standard InChI is InChI=1S/C9H8ClN3O/c1-4-13-7-3-5(9(11)12)2-6(10)8(7)14-4/h2-3H,1H3,(H3,11,12). The van der Waals surface area contributed by atoms with Gasteiger partial charge in [0.1, 0.15) is 11.4 Å². The number of hydrogen-bond acceptors (Lipinski definition) is 3. The first kappa shape index (κ1) is 9.02. The number of rotatable bonds is 1. The van der Waals surface area contributed by atoms with Crippen molar-refractivity contribution in [2.24, 2.45) is 5.73 Å². The predicted molar refractivity (Wildman–Crippen MR) is 54.8 cm³/mol. The number of fused-ring (bicyclic) bond motifs is 1. The monoisotopic (exact) mass is 209 g/mol. The predicted octanol–water partition coefficient (Wildman–Crippen LogP) is 2.07. The van der Waals surface area contributed by atoms with Crippen LogP contribution in [0.2, 0.25) is 5.02 Å². The molecule has 5 heteroatoms. The van der Waals surface area contributed by atoms with Crippen LogP contribution < -0.4 is 5.73 Å². The topological polar surface area (TPSA) is 75.9 Å². The molecule has 0 bridgehead atoms. The molecule has 0 spiro atoms. The van der Waals surface area contributed by atoms with E-state index in [9.17, 15) is 0 Å². The van der Waals surface area contributed by atoms with E-state index >= 15 is 0 Å². The SMILES string of the molecule is Cc1nc2cc(C(=N)N)cc(Cl)c2o1. The van der Waals surface area contributed by atoms with Gasteiger partial charge in [-0.3, -0.25) is 5.41 Å². The highest BCUT2D eigenvalue weighted by atomic mass is 35.5. The molecule has 3 N–H and O–H groups in total. The number of aromatic nitrogens is 1. The van der Waals surface area contributed by atoms with Crippen LogP contribution in [0.4, 0.5) is 0 Å². The van der Waals surface area contributed by atoms with Crippen molar-refractivity contribution in [1.29, 1.82) is 5.41 Å². The summed E-state index contributed by atoms with van der Waals surface area (Å²) >= 11 is 5.93. The first-order valence-corrected chi connectivity index (χ1v) is 4.37. The van der Waals surface area contributed by atoms with Crippen LogP contribution in [-0.4, -0.2) is 10.8 Å². The molecule has 1 heterocycles. The number of nitrogens with one attached hydrogen (secondary N) is 1. The van der Waals surface area contributed by atoms with Gasteiger partial charge in [-0.25, -0.2) is 4.98 Å². The van der Waals surface area contributed by atoms with E-state index < -0.39 is 0 Å². The molecule has 0 fully saturated rings. The summed E-state index contributed by atoms with van der Waals surface area (Å²) in [7, 11) is 0.